The van der Waals surface area contributed by atoms with Crippen LogP contribution in [0.15, 0.2) is 53.1 Å². The highest BCUT2D eigenvalue weighted by Crippen LogP contribution is 2.29. The van der Waals surface area contributed by atoms with Gasteiger partial charge in [0.2, 0.25) is 0 Å². The molecule has 8 heteroatoms. The summed E-state index contributed by atoms with van der Waals surface area (Å²) in [5.41, 5.74) is 3.79. The summed E-state index contributed by atoms with van der Waals surface area (Å²) in [4.78, 5) is 37.8. The van der Waals surface area contributed by atoms with E-state index in [1.807, 2.05) is 26.0 Å². The third kappa shape index (κ3) is 3.32. The lowest BCUT2D eigenvalue weighted by molar-refractivity contribution is 0.0636. The lowest BCUT2D eigenvalue weighted by atomic mass is 9.99. The number of imide groups is 1. The molecule has 2 heterocycles. The van der Waals surface area contributed by atoms with Gasteiger partial charge >= 0.3 is 6.09 Å². The molecule has 30 heavy (non-hydrogen) atoms. The summed E-state index contributed by atoms with van der Waals surface area (Å²) in [6, 6.07) is 13.0. The number of aryl methyl sites for hydroxylation is 2. The van der Waals surface area contributed by atoms with E-state index in [1.54, 1.807) is 36.4 Å². The van der Waals surface area contributed by atoms with Gasteiger partial charge in [0.15, 0.2) is 0 Å². The van der Waals surface area contributed by atoms with Crippen molar-refractivity contribution >= 4 is 17.9 Å². The molecule has 0 saturated carbocycles. The summed E-state index contributed by atoms with van der Waals surface area (Å²) >= 11 is 0. The quantitative estimate of drug-likeness (QED) is 0.628. The van der Waals surface area contributed by atoms with Gasteiger partial charge in [0.05, 0.1) is 29.4 Å². The molecule has 4 rings (SSSR count). The third-order valence-electron chi connectivity index (χ3n) is 5.18. The summed E-state index contributed by atoms with van der Waals surface area (Å²) in [6.45, 7) is 3.56. The third-order valence-corrected chi connectivity index (χ3v) is 5.18. The highest BCUT2D eigenvalue weighted by Gasteiger charge is 2.37. The lowest BCUT2D eigenvalue weighted by Gasteiger charge is -2.23. The molecule has 152 valence electrons. The number of carbonyl (C=O) groups is 3. The monoisotopic (exact) mass is 405 g/mol. The zero-order valence-corrected chi connectivity index (χ0v) is 16.4. The number of fused-ring (bicyclic) bond motifs is 1. The van der Waals surface area contributed by atoms with Crippen LogP contribution in [0.5, 0.6) is 0 Å². The number of aromatic nitrogens is 1. The van der Waals surface area contributed by atoms with E-state index >= 15 is 0 Å². The van der Waals surface area contributed by atoms with Crippen LogP contribution < -0.4 is 5.32 Å². The number of nitrogens with zero attached hydrogens (tertiary/aromatic N) is 2. The van der Waals surface area contributed by atoms with Crippen LogP contribution in [-0.2, 0) is 0 Å². The topological polar surface area (TPSA) is 113 Å². The van der Waals surface area contributed by atoms with Crippen LogP contribution in [0.3, 0.4) is 0 Å². The predicted octanol–water partition coefficient (Wildman–Crippen LogP) is 3.56. The van der Waals surface area contributed by atoms with Crippen molar-refractivity contribution in [2.24, 2.45) is 0 Å². The van der Waals surface area contributed by atoms with Crippen molar-refractivity contribution in [3.63, 3.8) is 0 Å². The van der Waals surface area contributed by atoms with Crippen LogP contribution in [0.1, 0.15) is 43.8 Å². The Morgan fingerprint density at radius 1 is 1.07 bits per heavy atom. The molecule has 0 radical (unpaired) electrons. The summed E-state index contributed by atoms with van der Waals surface area (Å²) in [6.07, 6.45) is -1.24. The molecule has 0 saturated heterocycles. The Labute approximate surface area is 172 Å². The molecule has 0 spiro atoms. The van der Waals surface area contributed by atoms with Crippen LogP contribution in [0.2, 0.25) is 0 Å². The lowest BCUT2D eigenvalue weighted by Crippen LogP contribution is -2.40. The summed E-state index contributed by atoms with van der Waals surface area (Å²) in [5, 5.41) is 15.6. The van der Waals surface area contributed by atoms with Crippen molar-refractivity contribution in [1.82, 2.24) is 15.4 Å². The fraction of sp³-hybridized carbons (Fsp3) is 0.182. The Balaban J connectivity index is 1.62. The van der Waals surface area contributed by atoms with E-state index in [-0.39, 0.29) is 6.54 Å². The normalized spacial score (nSPS) is 14.0. The molecule has 1 aliphatic rings. The van der Waals surface area contributed by atoms with Gasteiger partial charge in [0, 0.05) is 5.56 Å². The molecule has 0 unspecified atom stereocenters. The number of carbonyl (C=O) groups excluding carboxylic acids is 2. The largest absolute Gasteiger partial charge is 0.465 e. The molecule has 2 N–H and O–H groups in total. The number of nitrogens with one attached hydrogen (secondary N) is 1. The van der Waals surface area contributed by atoms with E-state index in [2.05, 4.69) is 10.5 Å². The van der Waals surface area contributed by atoms with Crippen molar-refractivity contribution in [1.29, 1.82) is 0 Å². The van der Waals surface area contributed by atoms with Gasteiger partial charge in [0.25, 0.3) is 11.8 Å². The van der Waals surface area contributed by atoms with E-state index in [0.29, 0.717) is 22.5 Å². The summed E-state index contributed by atoms with van der Waals surface area (Å²) in [5.74, 6) is -0.174. The predicted molar refractivity (Wildman–Crippen MR) is 107 cm³/mol. The number of rotatable bonds is 5. The molecule has 0 bridgehead atoms. The minimum Gasteiger partial charge on any atom is -0.465 e. The zero-order chi connectivity index (χ0) is 21.4. The highest BCUT2D eigenvalue weighted by molar-refractivity contribution is 6.21. The second-order valence-electron chi connectivity index (χ2n) is 7.09. The van der Waals surface area contributed by atoms with Gasteiger partial charge in [-0.2, -0.15) is 0 Å². The van der Waals surface area contributed by atoms with Crippen LogP contribution in [0, 0.1) is 13.8 Å². The van der Waals surface area contributed by atoms with Gasteiger partial charge < -0.3 is 14.9 Å². The first-order valence-electron chi connectivity index (χ1n) is 9.34. The van der Waals surface area contributed by atoms with Crippen LogP contribution >= 0.6 is 0 Å². The maximum Gasteiger partial charge on any atom is 0.405 e. The average molecular weight is 405 g/mol. The summed E-state index contributed by atoms with van der Waals surface area (Å²) in [7, 11) is 0. The Kier molecular flexibility index (Phi) is 4.83. The molecule has 2 aromatic carbocycles. The minimum absolute atomic E-state index is 0.108. The molecule has 3 amide bonds. The molecule has 0 aliphatic carbocycles. The molecular formula is C22H19N3O5. The number of benzene rings is 2. The second-order valence-corrected chi connectivity index (χ2v) is 7.09. The maximum absolute atomic E-state index is 12.7. The Hall–Kier alpha value is -3.94. The number of hydrogen-bond acceptors (Lipinski definition) is 5. The SMILES string of the molecule is Cc1noc(C)c1-c1ccc([C@H](CN2C(=O)c3ccccc3C2=O)NC(=O)O)cc1. The Morgan fingerprint density at radius 3 is 2.17 bits per heavy atom. The number of amides is 3. The van der Waals surface area contributed by atoms with E-state index in [0.717, 1.165) is 21.7 Å². The van der Waals surface area contributed by atoms with E-state index < -0.39 is 23.9 Å². The second kappa shape index (κ2) is 7.47. The zero-order valence-electron chi connectivity index (χ0n) is 16.4. The van der Waals surface area contributed by atoms with Crippen molar-refractivity contribution in [3.05, 3.63) is 76.7 Å². The molecule has 0 fully saturated rings. The van der Waals surface area contributed by atoms with Gasteiger partial charge in [-0.1, -0.05) is 41.6 Å². The van der Waals surface area contributed by atoms with Crippen LogP contribution in [0.4, 0.5) is 4.79 Å². The molecule has 1 aliphatic heterocycles. The Morgan fingerprint density at radius 2 is 1.67 bits per heavy atom. The number of hydrogen-bond donors (Lipinski definition) is 2. The van der Waals surface area contributed by atoms with Crippen molar-refractivity contribution < 1.29 is 24.0 Å². The molecule has 3 aromatic rings. The van der Waals surface area contributed by atoms with Crippen LogP contribution in [-0.4, -0.2) is 39.6 Å². The van der Waals surface area contributed by atoms with Gasteiger partial charge in [-0.25, -0.2) is 4.79 Å². The van der Waals surface area contributed by atoms with Crippen molar-refractivity contribution in [3.8, 4) is 11.1 Å². The van der Waals surface area contributed by atoms with Gasteiger partial charge in [-0.3, -0.25) is 14.5 Å². The molecular weight excluding hydrogens is 386 g/mol. The first kappa shape index (κ1) is 19.4. The molecule has 1 atom stereocenters. The fourth-order valence-electron chi connectivity index (χ4n) is 3.75. The molecule has 1 aromatic heterocycles. The fourth-order valence-corrected chi connectivity index (χ4v) is 3.75. The maximum atomic E-state index is 12.7. The van der Waals surface area contributed by atoms with Crippen LogP contribution in [0.25, 0.3) is 11.1 Å². The van der Waals surface area contributed by atoms with E-state index in [1.165, 1.54) is 0 Å². The number of carboxylic acid groups (broad SMARTS) is 1. The smallest absolute Gasteiger partial charge is 0.405 e. The highest BCUT2D eigenvalue weighted by atomic mass is 16.5. The average Bonchev–Trinajstić information content (AvgIpc) is 3.19. The van der Waals surface area contributed by atoms with Gasteiger partial charge in [0.1, 0.15) is 5.76 Å². The van der Waals surface area contributed by atoms with E-state index in [9.17, 15) is 19.5 Å². The molecule has 8 nitrogen and oxygen atoms in total. The summed E-state index contributed by atoms with van der Waals surface area (Å²) < 4.78 is 5.20. The van der Waals surface area contributed by atoms with Gasteiger partial charge in [-0.05, 0) is 37.1 Å². The first-order valence-corrected chi connectivity index (χ1v) is 9.34. The first-order chi connectivity index (χ1) is 14.4. The standard InChI is InChI=1S/C22H19N3O5/c1-12-19(13(2)30-24-12)15-9-7-14(8-10-15)18(23-22(28)29)11-25-20(26)16-5-3-4-6-17(16)21(25)27/h3-10,18,23H,11H2,1-2H3,(H,28,29)/t18-/m0/s1. The van der Waals surface area contributed by atoms with E-state index in [4.69, 9.17) is 4.52 Å². The van der Waals surface area contributed by atoms with Crippen molar-refractivity contribution in [2.45, 2.75) is 19.9 Å². The van der Waals surface area contributed by atoms with Gasteiger partial charge in [-0.15, -0.1) is 0 Å². The Bertz CT molecular complexity index is 1100. The van der Waals surface area contributed by atoms with Crippen molar-refractivity contribution in [2.75, 3.05) is 6.54 Å². The minimum atomic E-state index is -1.24.